The number of benzene rings is 2. The first-order valence-electron chi connectivity index (χ1n) is 6.14. The van der Waals surface area contributed by atoms with Gasteiger partial charge in [-0.25, -0.2) is 0 Å². The highest BCUT2D eigenvalue weighted by Crippen LogP contribution is 2.35. The number of anilines is 1. The SMILES string of the molecule is FC(F)(F)c1ccccc1NCC(F)(F)c1ccccc1. The zero-order chi connectivity index (χ0) is 15.5. The highest BCUT2D eigenvalue weighted by atomic mass is 19.4. The zero-order valence-corrected chi connectivity index (χ0v) is 10.8. The molecule has 0 bridgehead atoms. The van der Waals surface area contributed by atoms with Gasteiger partial charge in [-0.3, -0.25) is 0 Å². The topological polar surface area (TPSA) is 12.0 Å². The lowest BCUT2D eigenvalue weighted by molar-refractivity contribution is -0.137. The van der Waals surface area contributed by atoms with Gasteiger partial charge in [-0.1, -0.05) is 42.5 Å². The molecular formula is C15H12F5N. The Bertz CT molecular complexity index is 593. The van der Waals surface area contributed by atoms with Crippen LogP contribution in [-0.4, -0.2) is 6.54 Å². The molecule has 1 N–H and O–H groups in total. The van der Waals surface area contributed by atoms with Gasteiger partial charge in [0.25, 0.3) is 5.92 Å². The molecule has 0 spiro atoms. The molecule has 2 rings (SSSR count). The van der Waals surface area contributed by atoms with Crippen LogP contribution in [0.3, 0.4) is 0 Å². The maximum atomic E-state index is 13.9. The van der Waals surface area contributed by atoms with Crippen LogP contribution in [0.25, 0.3) is 0 Å². The van der Waals surface area contributed by atoms with E-state index in [4.69, 9.17) is 0 Å². The van der Waals surface area contributed by atoms with Crippen LogP contribution in [0, 0.1) is 0 Å². The van der Waals surface area contributed by atoms with Crippen molar-refractivity contribution < 1.29 is 22.0 Å². The van der Waals surface area contributed by atoms with Gasteiger partial charge in [0.2, 0.25) is 0 Å². The van der Waals surface area contributed by atoms with Gasteiger partial charge in [-0.2, -0.15) is 22.0 Å². The van der Waals surface area contributed by atoms with Crippen molar-refractivity contribution in [3.63, 3.8) is 0 Å². The van der Waals surface area contributed by atoms with E-state index >= 15 is 0 Å². The fraction of sp³-hybridized carbons (Fsp3) is 0.200. The predicted octanol–water partition coefficient (Wildman–Crippen LogP) is 4.91. The van der Waals surface area contributed by atoms with E-state index in [2.05, 4.69) is 5.32 Å². The Hall–Kier alpha value is -2.11. The number of halogens is 5. The van der Waals surface area contributed by atoms with Crippen molar-refractivity contribution in [1.82, 2.24) is 0 Å². The molecule has 112 valence electrons. The van der Waals surface area contributed by atoms with Gasteiger partial charge < -0.3 is 5.32 Å². The Kier molecular flexibility index (Phi) is 4.16. The molecule has 0 amide bonds. The number of para-hydroxylation sites is 1. The molecule has 0 aliphatic heterocycles. The normalized spacial score (nSPS) is 12.2. The van der Waals surface area contributed by atoms with Crippen molar-refractivity contribution in [2.24, 2.45) is 0 Å². The lowest BCUT2D eigenvalue weighted by atomic mass is 10.1. The van der Waals surface area contributed by atoms with Crippen LogP contribution in [0.4, 0.5) is 27.6 Å². The molecule has 0 heterocycles. The van der Waals surface area contributed by atoms with Crippen molar-refractivity contribution >= 4 is 5.69 Å². The van der Waals surface area contributed by atoms with Gasteiger partial charge in [-0.05, 0) is 12.1 Å². The average Bonchev–Trinajstić information content (AvgIpc) is 2.45. The summed E-state index contributed by atoms with van der Waals surface area (Å²) < 4.78 is 66.1. The van der Waals surface area contributed by atoms with Gasteiger partial charge in [0.1, 0.15) is 0 Å². The molecule has 21 heavy (non-hydrogen) atoms. The van der Waals surface area contributed by atoms with E-state index in [9.17, 15) is 22.0 Å². The minimum atomic E-state index is -4.59. The molecule has 0 radical (unpaired) electrons. The van der Waals surface area contributed by atoms with Gasteiger partial charge in [0.05, 0.1) is 12.1 Å². The predicted molar refractivity (Wildman–Crippen MR) is 70.3 cm³/mol. The quantitative estimate of drug-likeness (QED) is 0.791. The second-order valence-corrected chi connectivity index (χ2v) is 4.47. The molecule has 0 saturated carbocycles. The Morgan fingerprint density at radius 3 is 1.95 bits per heavy atom. The largest absolute Gasteiger partial charge is 0.418 e. The zero-order valence-electron chi connectivity index (χ0n) is 10.8. The van der Waals surface area contributed by atoms with Gasteiger partial charge in [0, 0.05) is 11.3 Å². The van der Waals surface area contributed by atoms with E-state index < -0.39 is 24.2 Å². The molecule has 0 aliphatic carbocycles. The lowest BCUT2D eigenvalue weighted by Crippen LogP contribution is -2.25. The van der Waals surface area contributed by atoms with E-state index in [-0.39, 0.29) is 11.3 Å². The Balaban J connectivity index is 2.17. The van der Waals surface area contributed by atoms with E-state index in [0.29, 0.717) is 0 Å². The molecule has 2 aromatic carbocycles. The number of hydrogen-bond donors (Lipinski definition) is 1. The summed E-state index contributed by atoms with van der Waals surface area (Å²) in [4.78, 5) is 0. The molecule has 0 fully saturated rings. The smallest absolute Gasteiger partial charge is 0.378 e. The fourth-order valence-electron chi connectivity index (χ4n) is 1.87. The molecule has 0 unspecified atom stereocenters. The minimum absolute atomic E-state index is 0.248. The highest BCUT2D eigenvalue weighted by Gasteiger charge is 2.35. The molecular weight excluding hydrogens is 289 g/mol. The molecule has 6 heteroatoms. The highest BCUT2D eigenvalue weighted by molar-refractivity contribution is 5.52. The van der Waals surface area contributed by atoms with Crippen LogP contribution in [-0.2, 0) is 12.1 Å². The molecule has 1 nitrogen and oxygen atoms in total. The molecule has 0 saturated heterocycles. The van der Waals surface area contributed by atoms with E-state index in [1.54, 1.807) is 6.07 Å². The maximum Gasteiger partial charge on any atom is 0.418 e. The van der Waals surface area contributed by atoms with Crippen LogP contribution < -0.4 is 5.32 Å². The van der Waals surface area contributed by atoms with Crippen LogP contribution >= 0.6 is 0 Å². The van der Waals surface area contributed by atoms with Gasteiger partial charge in [-0.15, -0.1) is 0 Å². The monoisotopic (exact) mass is 301 g/mol. The van der Waals surface area contributed by atoms with Crippen LogP contribution in [0.1, 0.15) is 11.1 Å². The Morgan fingerprint density at radius 1 is 0.762 bits per heavy atom. The van der Waals surface area contributed by atoms with Crippen molar-refractivity contribution in [2.45, 2.75) is 12.1 Å². The second kappa shape index (κ2) is 5.71. The van der Waals surface area contributed by atoms with Gasteiger partial charge >= 0.3 is 6.18 Å². The van der Waals surface area contributed by atoms with Crippen LogP contribution in [0.2, 0.25) is 0 Å². The molecule has 0 aromatic heterocycles. The third-order valence-electron chi connectivity index (χ3n) is 2.93. The number of nitrogens with one attached hydrogen (secondary N) is 1. The second-order valence-electron chi connectivity index (χ2n) is 4.47. The third-order valence-corrected chi connectivity index (χ3v) is 2.93. The molecule has 0 atom stereocenters. The summed E-state index contributed by atoms with van der Waals surface area (Å²) in [7, 11) is 0. The summed E-state index contributed by atoms with van der Waals surface area (Å²) in [6.45, 7) is -0.913. The standard InChI is InChI=1S/C15H12F5N/c16-14(17,11-6-2-1-3-7-11)10-21-13-9-5-4-8-12(13)15(18,19)20/h1-9,21H,10H2. The lowest BCUT2D eigenvalue weighted by Gasteiger charge is -2.20. The molecule has 2 aromatic rings. The van der Waals surface area contributed by atoms with Crippen LogP contribution in [0.15, 0.2) is 54.6 Å². The first-order chi connectivity index (χ1) is 9.81. The van der Waals surface area contributed by atoms with Crippen molar-refractivity contribution in [2.75, 3.05) is 11.9 Å². The summed E-state index contributed by atoms with van der Waals surface area (Å²) in [5.74, 6) is -3.26. The van der Waals surface area contributed by atoms with Crippen molar-refractivity contribution in [3.8, 4) is 0 Å². The maximum absolute atomic E-state index is 13.9. The number of hydrogen-bond acceptors (Lipinski definition) is 1. The first-order valence-corrected chi connectivity index (χ1v) is 6.14. The summed E-state index contributed by atoms with van der Waals surface area (Å²) in [5.41, 5.74) is -1.57. The summed E-state index contributed by atoms with van der Waals surface area (Å²) in [6.07, 6.45) is -4.59. The summed E-state index contributed by atoms with van der Waals surface area (Å²) in [5, 5.41) is 2.19. The van der Waals surface area contributed by atoms with E-state index in [0.717, 1.165) is 12.1 Å². The average molecular weight is 301 g/mol. The van der Waals surface area contributed by atoms with Crippen molar-refractivity contribution in [3.05, 3.63) is 65.7 Å². The Morgan fingerprint density at radius 2 is 1.33 bits per heavy atom. The van der Waals surface area contributed by atoms with Crippen molar-refractivity contribution in [1.29, 1.82) is 0 Å². The minimum Gasteiger partial charge on any atom is -0.378 e. The third kappa shape index (κ3) is 3.71. The fourth-order valence-corrected chi connectivity index (χ4v) is 1.87. The van der Waals surface area contributed by atoms with Gasteiger partial charge in [0.15, 0.2) is 0 Å². The summed E-state index contributed by atoms with van der Waals surface area (Å²) >= 11 is 0. The Labute approximate surface area is 118 Å². The van der Waals surface area contributed by atoms with Crippen LogP contribution in [0.5, 0.6) is 0 Å². The first kappa shape index (κ1) is 15.3. The number of rotatable bonds is 4. The van der Waals surface area contributed by atoms with E-state index in [1.165, 1.54) is 36.4 Å². The molecule has 0 aliphatic rings. The summed E-state index contributed by atoms with van der Waals surface area (Å²) in [6, 6.07) is 11.5. The van der Waals surface area contributed by atoms with E-state index in [1.807, 2.05) is 0 Å². The number of alkyl halides is 5.